The first-order valence-corrected chi connectivity index (χ1v) is 9.29. The van der Waals surface area contributed by atoms with Crippen molar-refractivity contribution in [3.8, 4) is 5.75 Å². The molecule has 7 nitrogen and oxygen atoms in total. The highest BCUT2D eigenvalue weighted by Gasteiger charge is 2.20. The Hall–Kier alpha value is -3.06. The number of carbonyl (C=O) groups excluding carboxylic acids is 2. The van der Waals surface area contributed by atoms with Crippen LogP contribution < -0.4 is 15.0 Å². The van der Waals surface area contributed by atoms with E-state index in [9.17, 15) is 9.59 Å². The minimum atomic E-state index is -0.416. The van der Waals surface area contributed by atoms with Gasteiger partial charge in [0.1, 0.15) is 5.75 Å². The lowest BCUT2D eigenvalue weighted by Gasteiger charge is -2.30. The number of hydrogen-bond donors (Lipinski definition) is 1. The van der Waals surface area contributed by atoms with E-state index in [-0.39, 0.29) is 19.1 Å². The van der Waals surface area contributed by atoms with Crippen LogP contribution in [0.5, 0.6) is 5.75 Å². The van der Waals surface area contributed by atoms with Crippen LogP contribution in [-0.4, -0.2) is 51.4 Å². The average Bonchev–Trinajstić information content (AvgIpc) is 2.74. The summed E-state index contributed by atoms with van der Waals surface area (Å²) in [6.45, 7) is 4.53. The number of hydrogen-bond acceptors (Lipinski definition) is 6. The molecule has 1 aliphatic heterocycles. The second-order valence-electron chi connectivity index (χ2n) is 6.20. The number of benzene rings is 2. The van der Waals surface area contributed by atoms with Gasteiger partial charge in [0.2, 0.25) is 0 Å². The van der Waals surface area contributed by atoms with E-state index in [1.54, 1.807) is 31.2 Å². The predicted molar refractivity (Wildman–Crippen MR) is 106 cm³/mol. The fourth-order valence-electron chi connectivity index (χ4n) is 2.93. The number of para-hydroxylation sites is 1. The van der Waals surface area contributed by atoms with E-state index in [2.05, 4.69) is 10.2 Å². The Labute approximate surface area is 164 Å². The van der Waals surface area contributed by atoms with E-state index < -0.39 is 5.97 Å². The summed E-state index contributed by atoms with van der Waals surface area (Å²) in [4.78, 5) is 26.7. The largest absolute Gasteiger partial charge is 0.484 e. The Kier molecular flexibility index (Phi) is 6.86. The summed E-state index contributed by atoms with van der Waals surface area (Å²) in [5.41, 5.74) is 1.72. The van der Waals surface area contributed by atoms with Crippen LogP contribution in [-0.2, 0) is 14.3 Å². The highest BCUT2D eigenvalue weighted by molar-refractivity contribution is 5.99. The van der Waals surface area contributed by atoms with Crippen LogP contribution in [0.15, 0.2) is 48.5 Å². The van der Waals surface area contributed by atoms with Crippen molar-refractivity contribution in [1.82, 2.24) is 0 Å². The van der Waals surface area contributed by atoms with Crippen LogP contribution in [0, 0.1) is 0 Å². The lowest BCUT2D eigenvalue weighted by Crippen LogP contribution is -2.37. The van der Waals surface area contributed by atoms with Crippen LogP contribution in [0.25, 0.3) is 0 Å². The Morgan fingerprint density at radius 2 is 1.86 bits per heavy atom. The molecule has 0 bridgehead atoms. The van der Waals surface area contributed by atoms with E-state index >= 15 is 0 Å². The van der Waals surface area contributed by atoms with E-state index in [1.807, 2.05) is 24.3 Å². The number of amides is 1. The standard InChI is InChI=1S/C21H24N2O5/c1-2-27-21(25)18-14-16(8-9-19(18)23-10-12-26-13-11-23)22-20(24)15-28-17-6-4-3-5-7-17/h3-9,14H,2,10-13,15H2,1H3,(H,22,24). The lowest BCUT2D eigenvalue weighted by molar-refractivity contribution is -0.118. The van der Waals surface area contributed by atoms with Gasteiger partial charge in [-0.3, -0.25) is 4.79 Å². The Balaban J connectivity index is 1.71. The van der Waals surface area contributed by atoms with Gasteiger partial charge in [-0.05, 0) is 37.3 Å². The van der Waals surface area contributed by atoms with Gasteiger partial charge in [0.15, 0.2) is 6.61 Å². The third-order valence-electron chi connectivity index (χ3n) is 4.24. The summed E-state index contributed by atoms with van der Waals surface area (Å²) in [5, 5.41) is 2.76. The van der Waals surface area contributed by atoms with Crippen molar-refractivity contribution in [3.05, 3.63) is 54.1 Å². The predicted octanol–water partition coefficient (Wildman–Crippen LogP) is 2.72. The van der Waals surface area contributed by atoms with Crippen LogP contribution >= 0.6 is 0 Å². The molecule has 0 radical (unpaired) electrons. The zero-order valence-corrected chi connectivity index (χ0v) is 15.8. The van der Waals surface area contributed by atoms with E-state index in [4.69, 9.17) is 14.2 Å². The van der Waals surface area contributed by atoms with Gasteiger partial charge in [0.25, 0.3) is 5.91 Å². The van der Waals surface area contributed by atoms with Crippen LogP contribution in [0.4, 0.5) is 11.4 Å². The Morgan fingerprint density at radius 3 is 2.57 bits per heavy atom. The molecule has 1 amide bonds. The first-order valence-electron chi connectivity index (χ1n) is 9.29. The second-order valence-corrected chi connectivity index (χ2v) is 6.20. The zero-order valence-electron chi connectivity index (χ0n) is 15.8. The normalized spacial score (nSPS) is 13.7. The molecule has 0 saturated carbocycles. The molecule has 1 aliphatic rings. The number of ether oxygens (including phenoxy) is 3. The number of nitrogens with one attached hydrogen (secondary N) is 1. The summed E-state index contributed by atoms with van der Waals surface area (Å²) in [6, 6.07) is 14.3. The smallest absolute Gasteiger partial charge is 0.340 e. The molecule has 148 valence electrons. The van der Waals surface area contributed by atoms with Gasteiger partial charge < -0.3 is 24.4 Å². The van der Waals surface area contributed by atoms with Gasteiger partial charge >= 0.3 is 5.97 Å². The molecule has 0 unspecified atom stereocenters. The number of esters is 1. The van der Waals surface area contributed by atoms with Crippen molar-refractivity contribution < 1.29 is 23.8 Å². The highest BCUT2D eigenvalue weighted by atomic mass is 16.5. The third-order valence-corrected chi connectivity index (χ3v) is 4.24. The maximum Gasteiger partial charge on any atom is 0.340 e. The first-order chi connectivity index (χ1) is 13.7. The molecule has 0 spiro atoms. The SMILES string of the molecule is CCOC(=O)c1cc(NC(=O)COc2ccccc2)ccc1N1CCOCC1. The maximum absolute atomic E-state index is 12.4. The number of nitrogens with zero attached hydrogens (tertiary/aromatic N) is 1. The molecule has 1 saturated heterocycles. The van der Waals surface area contributed by atoms with E-state index in [0.29, 0.717) is 43.3 Å². The average molecular weight is 384 g/mol. The van der Waals surface area contributed by atoms with E-state index in [1.165, 1.54) is 0 Å². The monoisotopic (exact) mass is 384 g/mol. The molecule has 1 heterocycles. The summed E-state index contributed by atoms with van der Waals surface area (Å²) >= 11 is 0. The van der Waals surface area contributed by atoms with Gasteiger partial charge in [-0.2, -0.15) is 0 Å². The summed E-state index contributed by atoms with van der Waals surface area (Å²) < 4.78 is 16.0. The lowest BCUT2D eigenvalue weighted by atomic mass is 10.1. The molecule has 28 heavy (non-hydrogen) atoms. The molecule has 1 fully saturated rings. The number of morpholine rings is 1. The summed E-state index contributed by atoms with van der Waals surface area (Å²) in [7, 11) is 0. The van der Waals surface area contributed by atoms with Crippen molar-refractivity contribution in [2.45, 2.75) is 6.92 Å². The highest BCUT2D eigenvalue weighted by Crippen LogP contribution is 2.26. The molecule has 3 rings (SSSR count). The molecule has 1 N–H and O–H groups in total. The molecule has 0 atom stereocenters. The van der Waals surface area contributed by atoms with Gasteiger partial charge in [-0.25, -0.2) is 4.79 Å². The number of anilines is 2. The first kappa shape index (κ1) is 19.7. The maximum atomic E-state index is 12.4. The molecular weight excluding hydrogens is 360 g/mol. The van der Waals surface area contributed by atoms with Gasteiger partial charge in [-0.15, -0.1) is 0 Å². The number of carbonyl (C=O) groups is 2. The van der Waals surface area contributed by atoms with E-state index in [0.717, 1.165) is 5.69 Å². The van der Waals surface area contributed by atoms with Crippen molar-refractivity contribution >= 4 is 23.3 Å². The zero-order chi connectivity index (χ0) is 19.8. The van der Waals surface area contributed by atoms with Crippen LogP contribution in [0.1, 0.15) is 17.3 Å². The third kappa shape index (κ3) is 5.23. The quantitative estimate of drug-likeness (QED) is 0.740. The molecule has 7 heteroatoms. The van der Waals surface area contributed by atoms with Crippen molar-refractivity contribution in [3.63, 3.8) is 0 Å². The van der Waals surface area contributed by atoms with Gasteiger partial charge in [0.05, 0.1) is 31.1 Å². The van der Waals surface area contributed by atoms with Crippen molar-refractivity contribution in [2.75, 3.05) is 49.7 Å². The molecular formula is C21H24N2O5. The summed E-state index contributed by atoms with van der Waals surface area (Å²) in [5.74, 6) is -0.106. The minimum absolute atomic E-state index is 0.121. The fourth-order valence-corrected chi connectivity index (χ4v) is 2.93. The Morgan fingerprint density at radius 1 is 1.11 bits per heavy atom. The fraction of sp³-hybridized carbons (Fsp3) is 0.333. The number of rotatable bonds is 7. The molecule has 2 aromatic carbocycles. The molecule has 2 aromatic rings. The molecule has 0 aliphatic carbocycles. The second kappa shape index (κ2) is 9.75. The van der Waals surface area contributed by atoms with Crippen LogP contribution in [0.3, 0.4) is 0 Å². The van der Waals surface area contributed by atoms with Crippen molar-refractivity contribution in [1.29, 1.82) is 0 Å². The Bertz CT molecular complexity index is 804. The topological polar surface area (TPSA) is 77.1 Å². The molecule has 0 aromatic heterocycles. The van der Waals surface area contributed by atoms with Gasteiger partial charge in [0, 0.05) is 18.8 Å². The van der Waals surface area contributed by atoms with Gasteiger partial charge in [-0.1, -0.05) is 18.2 Å². The van der Waals surface area contributed by atoms with Crippen LogP contribution in [0.2, 0.25) is 0 Å². The summed E-state index contributed by atoms with van der Waals surface area (Å²) in [6.07, 6.45) is 0. The van der Waals surface area contributed by atoms with Crippen molar-refractivity contribution in [2.24, 2.45) is 0 Å². The minimum Gasteiger partial charge on any atom is -0.484 e.